The van der Waals surface area contributed by atoms with Crippen molar-refractivity contribution in [3.8, 4) is 0 Å². The summed E-state index contributed by atoms with van der Waals surface area (Å²) in [4.78, 5) is 0. The van der Waals surface area contributed by atoms with Crippen LogP contribution in [0.2, 0.25) is 0 Å². The number of rotatable bonds is 0. The van der Waals surface area contributed by atoms with Crippen LogP contribution in [0.3, 0.4) is 0 Å². The molecule has 0 amide bonds. The Hall–Kier alpha value is -0.477. The number of nitrogens with one attached hydrogen (secondary N) is 1. The zero-order chi connectivity index (χ0) is 8.69. The summed E-state index contributed by atoms with van der Waals surface area (Å²) in [5, 5.41) is 2.75. The van der Waals surface area contributed by atoms with Crippen LogP contribution in [0.25, 0.3) is 0 Å². The van der Waals surface area contributed by atoms with Crippen molar-refractivity contribution in [1.82, 2.24) is 5.32 Å². The molecule has 0 heterocycles. The first-order valence-corrected chi connectivity index (χ1v) is 3.62. The van der Waals surface area contributed by atoms with Crippen molar-refractivity contribution in [2.75, 3.05) is 19.8 Å². The molecule has 0 spiro atoms. The van der Waals surface area contributed by atoms with Crippen molar-refractivity contribution < 1.29 is 0 Å². The van der Waals surface area contributed by atoms with E-state index < -0.39 is 0 Å². The summed E-state index contributed by atoms with van der Waals surface area (Å²) in [7, 11) is 3.75. The van der Waals surface area contributed by atoms with Crippen molar-refractivity contribution >= 4 is 23.3 Å². The quantitative estimate of drug-likeness (QED) is 0.511. The van der Waals surface area contributed by atoms with Crippen LogP contribution in [-0.2, 0) is 0 Å². The second-order valence-corrected chi connectivity index (χ2v) is 2.36. The molecule has 1 rings (SSSR count). The van der Waals surface area contributed by atoms with Crippen LogP contribution in [0, 0.1) is 6.92 Å². The minimum absolute atomic E-state index is 0. The molecule has 0 atom stereocenters. The molecule has 1 aromatic carbocycles. The number of hydrogen-bond donors (Lipinski definition) is 2. The molecule has 2 nitrogen and oxygen atoms in total. The fourth-order valence-electron chi connectivity index (χ4n) is 0.587. The van der Waals surface area contributed by atoms with Gasteiger partial charge in [-0.1, -0.05) is 18.2 Å². The Kier molecular flexibility index (Phi) is 10.1. The first-order chi connectivity index (χ1) is 5.22. The van der Waals surface area contributed by atoms with E-state index in [-0.39, 0.29) is 17.6 Å². The Morgan fingerprint density at radius 3 is 1.83 bits per heavy atom. The third-order valence-corrected chi connectivity index (χ3v) is 1.19. The summed E-state index contributed by atoms with van der Waals surface area (Å²) in [6.45, 7) is 2.00. The molecule has 66 valence electrons. The molecule has 4 radical (unpaired) electrons. The van der Waals surface area contributed by atoms with E-state index in [2.05, 4.69) is 5.32 Å². The van der Waals surface area contributed by atoms with Gasteiger partial charge in [-0.3, -0.25) is 0 Å². The zero-order valence-electron chi connectivity index (χ0n) is 7.89. The van der Waals surface area contributed by atoms with Gasteiger partial charge in [0.1, 0.15) is 0 Å². The number of benzene rings is 1. The van der Waals surface area contributed by atoms with Crippen molar-refractivity contribution in [2.45, 2.75) is 6.92 Å². The standard InChI is InChI=1S/C7H9N.C2H7N.Ge/c1-6-4-2-3-5-7(6)8;1-3-2;/h2-5H,8H2,1H3;3H,1-2H3;. The van der Waals surface area contributed by atoms with E-state index in [0.29, 0.717) is 0 Å². The molecule has 0 aliphatic rings. The average Bonchev–Trinajstić information content (AvgIpc) is 1.97. The zero-order valence-corrected chi connectivity index (χ0v) is 9.98. The molecular weight excluding hydrogens is 209 g/mol. The normalized spacial score (nSPS) is 7.58. The fourth-order valence-corrected chi connectivity index (χ4v) is 0.587. The number of hydrogen-bond acceptors (Lipinski definition) is 2. The Morgan fingerprint density at radius 1 is 1.17 bits per heavy atom. The molecule has 0 saturated carbocycles. The van der Waals surface area contributed by atoms with E-state index >= 15 is 0 Å². The van der Waals surface area contributed by atoms with E-state index in [9.17, 15) is 0 Å². The van der Waals surface area contributed by atoms with Crippen LogP contribution in [0.5, 0.6) is 0 Å². The van der Waals surface area contributed by atoms with Crippen molar-refractivity contribution in [2.24, 2.45) is 0 Å². The molecule has 1 aromatic rings. The largest absolute Gasteiger partial charge is 0.399 e. The average molecular weight is 225 g/mol. The predicted molar refractivity (Wildman–Crippen MR) is 56.3 cm³/mol. The second kappa shape index (κ2) is 8.62. The minimum atomic E-state index is 0. The number of aryl methyl sites for hydroxylation is 1. The summed E-state index contributed by atoms with van der Waals surface area (Å²) in [5.74, 6) is 0. The van der Waals surface area contributed by atoms with Gasteiger partial charge < -0.3 is 11.1 Å². The van der Waals surface area contributed by atoms with Gasteiger partial charge in [0.15, 0.2) is 0 Å². The van der Waals surface area contributed by atoms with Gasteiger partial charge in [-0.25, -0.2) is 0 Å². The number of nitrogen functional groups attached to an aromatic ring is 1. The van der Waals surface area contributed by atoms with Crippen molar-refractivity contribution in [1.29, 1.82) is 0 Å². The fraction of sp³-hybridized carbons (Fsp3) is 0.333. The van der Waals surface area contributed by atoms with Crippen LogP contribution in [0.1, 0.15) is 5.56 Å². The molecule has 3 N–H and O–H groups in total. The van der Waals surface area contributed by atoms with Crippen LogP contribution >= 0.6 is 0 Å². The summed E-state index contributed by atoms with van der Waals surface area (Å²) >= 11 is 0. The van der Waals surface area contributed by atoms with Crippen LogP contribution in [0.15, 0.2) is 24.3 Å². The first-order valence-electron chi connectivity index (χ1n) is 3.62. The summed E-state index contributed by atoms with van der Waals surface area (Å²) in [6, 6.07) is 7.80. The Labute approximate surface area is 85.5 Å². The molecule has 0 unspecified atom stereocenters. The van der Waals surface area contributed by atoms with E-state index in [1.54, 1.807) is 0 Å². The van der Waals surface area contributed by atoms with Crippen LogP contribution in [0.4, 0.5) is 5.69 Å². The molecule has 12 heavy (non-hydrogen) atoms. The topological polar surface area (TPSA) is 38.0 Å². The van der Waals surface area contributed by atoms with Gasteiger partial charge in [0.25, 0.3) is 0 Å². The van der Waals surface area contributed by atoms with Gasteiger partial charge in [0, 0.05) is 23.3 Å². The third-order valence-electron chi connectivity index (χ3n) is 1.19. The summed E-state index contributed by atoms with van der Waals surface area (Å²) < 4.78 is 0. The van der Waals surface area contributed by atoms with Gasteiger partial charge >= 0.3 is 0 Å². The monoisotopic (exact) mass is 226 g/mol. The van der Waals surface area contributed by atoms with E-state index in [0.717, 1.165) is 11.3 Å². The SMILES string of the molecule is CNC.Cc1ccccc1N.[Ge]. The molecular formula is C9H16GeN2. The maximum atomic E-state index is 5.52. The number of nitrogens with two attached hydrogens (primary N) is 1. The molecule has 0 bridgehead atoms. The molecule has 0 aliphatic carbocycles. The van der Waals surface area contributed by atoms with E-state index in [1.807, 2.05) is 45.3 Å². The maximum Gasteiger partial charge on any atom is 0.0343 e. The number of para-hydroxylation sites is 1. The van der Waals surface area contributed by atoms with Crippen LogP contribution in [-0.4, -0.2) is 31.7 Å². The van der Waals surface area contributed by atoms with E-state index in [1.165, 1.54) is 0 Å². The minimum Gasteiger partial charge on any atom is -0.399 e. The first kappa shape index (κ1) is 14.1. The van der Waals surface area contributed by atoms with Gasteiger partial charge in [0.05, 0.1) is 0 Å². The van der Waals surface area contributed by atoms with E-state index in [4.69, 9.17) is 5.73 Å². The van der Waals surface area contributed by atoms with Crippen molar-refractivity contribution in [3.05, 3.63) is 29.8 Å². The molecule has 3 heteroatoms. The molecule has 0 fully saturated rings. The second-order valence-electron chi connectivity index (χ2n) is 2.36. The van der Waals surface area contributed by atoms with Gasteiger partial charge in [-0.05, 0) is 32.6 Å². The Balaban J connectivity index is 0. The molecule has 0 saturated heterocycles. The Morgan fingerprint density at radius 2 is 1.58 bits per heavy atom. The van der Waals surface area contributed by atoms with Gasteiger partial charge in [-0.2, -0.15) is 0 Å². The van der Waals surface area contributed by atoms with Gasteiger partial charge in [-0.15, -0.1) is 0 Å². The number of anilines is 1. The summed E-state index contributed by atoms with van der Waals surface area (Å²) in [5.41, 5.74) is 7.53. The van der Waals surface area contributed by atoms with Gasteiger partial charge in [0.2, 0.25) is 0 Å². The smallest absolute Gasteiger partial charge is 0.0343 e. The van der Waals surface area contributed by atoms with Crippen molar-refractivity contribution in [3.63, 3.8) is 0 Å². The molecule has 0 aromatic heterocycles. The third kappa shape index (κ3) is 6.25. The molecule has 0 aliphatic heterocycles. The predicted octanol–water partition coefficient (Wildman–Crippen LogP) is 1.03. The maximum absolute atomic E-state index is 5.52. The summed E-state index contributed by atoms with van der Waals surface area (Å²) in [6.07, 6.45) is 0. The van der Waals surface area contributed by atoms with Crippen LogP contribution < -0.4 is 11.1 Å². The Bertz CT molecular complexity index is 180.